The molecule has 1 aliphatic heterocycles. The number of nitrogens with zero attached hydrogens (tertiary/aromatic N) is 1. The van der Waals surface area contributed by atoms with Gasteiger partial charge in [-0.1, -0.05) is 29.1 Å². The molecule has 0 fully saturated rings. The van der Waals surface area contributed by atoms with E-state index in [9.17, 15) is 0 Å². The lowest BCUT2D eigenvalue weighted by Crippen LogP contribution is -1.99. The molecular formula is C15H10N2OS. The lowest BCUT2D eigenvalue weighted by atomic mass is 10.1. The Kier molecular flexibility index (Phi) is 2.35. The van der Waals surface area contributed by atoms with Crippen molar-refractivity contribution in [3.63, 3.8) is 0 Å². The van der Waals surface area contributed by atoms with Crippen LogP contribution in [0, 0.1) is 0 Å². The van der Waals surface area contributed by atoms with Crippen LogP contribution in [0.25, 0.3) is 11.3 Å². The Hall–Kier alpha value is -2.20. The lowest BCUT2D eigenvalue weighted by Gasteiger charge is -2.20. The maximum absolute atomic E-state index is 5.20. The summed E-state index contributed by atoms with van der Waals surface area (Å²) in [5.74, 6) is 0.786. The molecule has 4 rings (SSSR count). The molecule has 19 heavy (non-hydrogen) atoms. The summed E-state index contributed by atoms with van der Waals surface area (Å²) in [4.78, 5) is 2.48. The predicted molar refractivity (Wildman–Crippen MR) is 75.8 cm³/mol. The molecule has 0 amide bonds. The van der Waals surface area contributed by atoms with E-state index in [1.165, 1.54) is 9.79 Å². The average Bonchev–Trinajstić information content (AvgIpc) is 2.98. The van der Waals surface area contributed by atoms with E-state index < -0.39 is 0 Å². The van der Waals surface area contributed by atoms with Crippen LogP contribution in [0.1, 0.15) is 0 Å². The summed E-state index contributed by atoms with van der Waals surface area (Å²) in [6.07, 6.45) is 1.66. The normalized spacial score (nSPS) is 12.4. The summed E-state index contributed by atoms with van der Waals surface area (Å²) >= 11 is 1.78. The lowest BCUT2D eigenvalue weighted by molar-refractivity contribution is 0.432. The minimum absolute atomic E-state index is 0.786. The minimum atomic E-state index is 0.786. The van der Waals surface area contributed by atoms with E-state index in [0.717, 1.165) is 22.7 Å². The number of rotatable bonds is 1. The highest BCUT2D eigenvalue weighted by Gasteiger charge is 2.16. The van der Waals surface area contributed by atoms with Crippen LogP contribution in [0.5, 0.6) is 0 Å². The monoisotopic (exact) mass is 266 g/mol. The van der Waals surface area contributed by atoms with Crippen molar-refractivity contribution >= 4 is 23.1 Å². The number of hydrogen-bond acceptors (Lipinski definition) is 4. The number of benzene rings is 2. The zero-order valence-corrected chi connectivity index (χ0v) is 10.8. The summed E-state index contributed by atoms with van der Waals surface area (Å²) in [7, 11) is 0. The van der Waals surface area contributed by atoms with E-state index in [1.807, 2.05) is 12.1 Å². The largest absolute Gasteiger partial charge is 0.356 e. The fourth-order valence-electron chi connectivity index (χ4n) is 2.16. The zero-order valence-electron chi connectivity index (χ0n) is 9.96. The van der Waals surface area contributed by atoms with E-state index in [0.29, 0.717) is 0 Å². The van der Waals surface area contributed by atoms with Crippen molar-refractivity contribution < 1.29 is 4.52 Å². The van der Waals surface area contributed by atoms with Crippen molar-refractivity contribution in [2.45, 2.75) is 9.79 Å². The summed E-state index contributed by atoms with van der Waals surface area (Å²) in [6, 6.07) is 16.4. The maximum atomic E-state index is 5.20. The van der Waals surface area contributed by atoms with Gasteiger partial charge >= 0.3 is 0 Å². The maximum Gasteiger partial charge on any atom is 0.166 e. The predicted octanol–water partition coefficient (Wildman–Crippen LogP) is 4.55. The SMILES string of the molecule is c1ccc2c(c1)Nc1cc(-c3ccno3)ccc1S2. The van der Waals surface area contributed by atoms with Gasteiger partial charge in [0.25, 0.3) is 0 Å². The van der Waals surface area contributed by atoms with Crippen LogP contribution in [-0.2, 0) is 0 Å². The van der Waals surface area contributed by atoms with E-state index in [1.54, 1.807) is 18.0 Å². The fourth-order valence-corrected chi connectivity index (χ4v) is 3.13. The first-order valence-electron chi connectivity index (χ1n) is 5.99. The molecule has 2 aromatic carbocycles. The second-order valence-corrected chi connectivity index (χ2v) is 5.39. The van der Waals surface area contributed by atoms with Crippen LogP contribution in [0.4, 0.5) is 11.4 Å². The Morgan fingerprint density at radius 2 is 1.84 bits per heavy atom. The molecule has 2 heterocycles. The van der Waals surface area contributed by atoms with Crippen LogP contribution in [0.2, 0.25) is 0 Å². The topological polar surface area (TPSA) is 38.1 Å². The van der Waals surface area contributed by atoms with Gasteiger partial charge in [-0.05, 0) is 30.3 Å². The Labute approximate surface area is 114 Å². The Morgan fingerprint density at radius 3 is 2.74 bits per heavy atom. The second kappa shape index (κ2) is 4.17. The molecule has 4 heteroatoms. The van der Waals surface area contributed by atoms with Gasteiger partial charge in [0.2, 0.25) is 0 Å². The molecule has 1 aliphatic rings. The number of anilines is 2. The smallest absolute Gasteiger partial charge is 0.166 e. The molecule has 0 atom stereocenters. The molecule has 0 spiro atoms. The Morgan fingerprint density at radius 1 is 0.947 bits per heavy atom. The van der Waals surface area contributed by atoms with Crippen LogP contribution < -0.4 is 5.32 Å². The zero-order chi connectivity index (χ0) is 12.7. The number of fused-ring (bicyclic) bond motifs is 2. The molecule has 3 nitrogen and oxygen atoms in total. The highest BCUT2D eigenvalue weighted by Crippen LogP contribution is 2.44. The molecule has 0 radical (unpaired) electrons. The van der Waals surface area contributed by atoms with Gasteiger partial charge in [0, 0.05) is 21.4 Å². The average molecular weight is 266 g/mol. The van der Waals surface area contributed by atoms with Crippen molar-refractivity contribution in [2.24, 2.45) is 0 Å². The molecule has 92 valence electrons. The van der Waals surface area contributed by atoms with E-state index >= 15 is 0 Å². The number of para-hydroxylation sites is 1. The molecule has 1 aromatic heterocycles. The molecule has 3 aromatic rings. The standard InChI is InChI=1S/C15H10N2OS/c1-2-4-14-11(3-1)17-12-9-10(5-6-15(12)19-14)13-7-8-16-18-13/h1-9,17H. The minimum Gasteiger partial charge on any atom is -0.356 e. The van der Waals surface area contributed by atoms with E-state index in [-0.39, 0.29) is 0 Å². The van der Waals surface area contributed by atoms with Gasteiger partial charge in [0.15, 0.2) is 5.76 Å². The van der Waals surface area contributed by atoms with Crippen molar-refractivity contribution in [1.82, 2.24) is 5.16 Å². The number of nitrogens with one attached hydrogen (secondary N) is 1. The molecular weight excluding hydrogens is 256 g/mol. The summed E-state index contributed by atoms with van der Waals surface area (Å²) < 4.78 is 5.20. The van der Waals surface area contributed by atoms with Gasteiger partial charge in [-0.2, -0.15) is 0 Å². The van der Waals surface area contributed by atoms with Crippen LogP contribution in [0.3, 0.4) is 0 Å². The highest BCUT2D eigenvalue weighted by molar-refractivity contribution is 7.99. The summed E-state index contributed by atoms with van der Waals surface area (Å²) in [6.45, 7) is 0. The quantitative estimate of drug-likeness (QED) is 0.548. The number of hydrogen-bond donors (Lipinski definition) is 1. The van der Waals surface area contributed by atoms with E-state index in [4.69, 9.17) is 4.52 Å². The van der Waals surface area contributed by atoms with Crippen LogP contribution in [-0.4, -0.2) is 5.16 Å². The molecule has 0 saturated carbocycles. The first-order chi connectivity index (χ1) is 9.40. The third-order valence-electron chi connectivity index (χ3n) is 3.08. The van der Waals surface area contributed by atoms with Gasteiger partial charge in [0.05, 0.1) is 17.6 Å². The van der Waals surface area contributed by atoms with Gasteiger partial charge in [-0.3, -0.25) is 0 Å². The van der Waals surface area contributed by atoms with Gasteiger partial charge < -0.3 is 9.84 Å². The molecule has 0 bridgehead atoms. The van der Waals surface area contributed by atoms with Crippen LogP contribution in [0.15, 0.2) is 69.0 Å². The molecule has 0 aliphatic carbocycles. The van der Waals surface area contributed by atoms with Crippen molar-refractivity contribution in [3.8, 4) is 11.3 Å². The van der Waals surface area contributed by atoms with Gasteiger partial charge in [-0.25, -0.2) is 0 Å². The third kappa shape index (κ3) is 1.81. The molecule has 0 saturated heterocycles. The Balaban J connectivity index is 1.78. The van der Waals surface area contributed by atoms with Gasteiger partial charge in [-0.15, -0.1) is 0 Å². The summed E-state index contributed by atoms with van der Waals surface area (Å²) in [5.41, 5.74) is 3.29. The second-order valence-electron chi connectivity index (χ2n) is 4.31. The first kappa shape index (κ1) is 10.7. The first-order valence-corrected chi connectivity index (χ1v) is 6.81. The summed E-state index contributed by atoms with van der Waals surface area (Å²) in [5, 5.41) is 7.21. The number of aromatic nitrogens is 1. The molecule has 0 unspecified atom stereocenters. The van der Waals surface area contributed by atoms with Crippen LogP contribution >= 0.6 is 11.8 Å². The Bertz CT molecular complexity index is 738. The highest BCUT2D eigenvalue weighted by atomic mass is 32.2. The van der Waals surface area contributed by atoms with Crippen molar-refractivity contribution in [2.75, 3.05) is 5.32 Å². The third-order valence-corrected chi connectivity index (χ3v) is 4.23. The molecule has 1 N–H and O–H groups in total. The fraction of sp³-hybridized carbons (Fsp3) is 0. The van der Waals surface area contributed by atoms with Crippen molar-refractivity contribution in [1.29, 1.82) is 0 Å². The van der Waals surface area contributed by atoms with Crippen molar-refractivity contribution in [3.05, 3.63) is 54.7 Å². The van der Waals surface area contributed by atoms with Gasteiger partial charge in [0.1, 0.15) is 0 Å². The van der Waals surface area contributed by atoms with E-state index in [2.05, 4.69) is 46.9 Å².